The van der Waals surface area contributed by atoms with Crippen molar-refractivity contribution in [3.05, 3.63) is 64.7 Å². The lowest BCUT2D eigenvalue weighted by atomic mass is 10.0. The number of aliphatic imine (C=N–C) groups is 1. The van der Waals surface area contributed by atoms with Crippen LogP contribution in [0.4, 0.5) is 5.69 Å². The standard InChI is InChI=1S/C24H25ClN4O5S/c1-4-33-22(31)19(23(32)34-5-2)27-24(35)28-20-21(30)29(3)17-12-11-15(25)13-16(17)18(26-20)14-9-7-6-8-10-14/h6-13,19-20H,4-5H2,1-3H3,(H2,27,28,35). The smallest absolute Gasteiger partial charge is 0.340 e. The van der Waals surface area contributed by atoms with Gasteiger partial charge in [-0.15, -0.1) is 0 Å². The molecule has 1 heterocycles. The number of thiocarbonyl (C=S) groups is 1. The summed E-state index contributed by atoms with van der Waals surface area (Å²) in [6.07, 6.45) is -1.16. The molecule has 11 heteroatoms. The number of carbonyl (C=O) groups is 3. The summed E-state index contributed by atoms with van der Waals surface area (Å²) >= 11 is 11.6. The number of rotatable bonds is 7. The largest absolute Gasteiger partial charge is 0.464 e. The molecule has 3 rings (SSSR count). The summed E-state index contributed by atoms with van der Waals surface area (Å²) < 4.78 is 9.89. The van der Waals surface area contributed by atoms with Gasteiger partial charge in [-0.3, -0.25) is 4.79 Å². The molecule has 35 heavy (non-hydrogen) atoms. The Morgan fingerprint density at radius 1 is 1.11 bits per heavy atom. The van der Waals surface area contributed by atoms with Gasteiger partial charge in [0.15, 0.2) is 5.11 Å². The summed E-state index contributed by atoms with van der Waals surface area (Å²) in [5, 5.41) is 5.73. The van der Waals surface area contributed by atoms with Crippen LogP contribution in [0.5, 0.6) is 0 Å². The van der Waals surface area contributed by atoms with Gasteiger partial charge in [-0.1, -0.05) is 41.9 Å². The number of nitrogens with zero attached hydrogens (tertiary/aromatic N) is 2. The highest BCUT2D eigenvalue weighted by Crippen LogP contribution is 2.29. The third-order valence-corrected chi connectivity index (χ3v) is 5.50. The highest BCUT2D eigenvalue weighted by atomic mass is 35.5. The zero-order chi connectivity index (χ0) is 25.5. The fourth-order valence-corrected chi connectivity index (χ4v) is 3.83. The summed E-state index contributed by atoms with van der Waals surface area (Å²) in [5.41, 5.74) is 2.56. The van der Waals surface area contributed by atoms with Crippen LogP contribution in [-0.4, -0.2) is 61.1 Å². The van der Waals surface area contributed by atoms with Crippen molar-refractivity contribution < 1.29 is 23.9 Å². The van der Waals surface area contributed by atoms with Crippen molar-refractivity contribution in [3.8, 4) is 0 Å². The lowest BCUT2D eigenvalue weighted by Gasteiger charge is -2.23. The predicted molar refractivity (Wildman–Crippen MR) is 137 cm³/mol. The Balaban J connectivity index is 1.95. The molecule has 184 valence electrons. The Morgan fingerprint density at radius 3 is 2.34 bits per heavy atom. The Kier molecular flexibility index (Phi) is 8.78. The van der Waals surface area contributed by atoms with Gasteiger partial charge in [0.2, 0.25) is 12.2 Å². The van der Waals surface area contributed by atoms with E-state index in [1.807, 2.05) is 30.3 Å². The zero-order valence-corrected chi connectivity index (χ0v) is 21.0. The Hall–Kier alpha value is -3.50. The number of carbonyl (C=O) groups excluding carboxylic acids is 3. The van der Waals surface area contributed by atoms with Crippen LogP contribution >= 0.6 is 23.8 Å². The minimum atomic E-state index is -1.50. The van der Waals surface area contributed by atoms with E-state index >= 15 is 0 Å². The maximum Gasteiger partial charge on any atom is 0.340 e. The Morgan fingerprint density at radius 2 is 1.74 bits per heavy atom. The fourth-order valence-electron chi connectivity index (χ4n) is 3.43. The molecule has 1 unspecified atom stereocenters. The van der Waals surface area contributed by atoms with E-state index in [0.717, 1.165) is 5.56 Å². The Labute approximate surface area is 213 Å². The quantitative estimate of drug-likeness (QED) is 0.328. The van der Waals surface area contributed by atoms with Crippen molar-refractivity contribution in [1.82, 2.24) is 10.6 Å². The van der Waals surface area contributed by atoms with Crippen molar-refractivity contribution in [1.29, 1.82) is 0 Å². The summed E-state index contributed by atoms with van der Waals surface area (Å²) in [6, 6.07) is 13.0. The molecule has 0 radical (unpaired) electrons. The summed E-state index contributed by atoms with van der Waals surface area (Å²) in [5.74, 6) is -2.11. The van der Waals surface area contributed by atoms with E-state index in [-0.39, 0.29) is 18.3 Å². The van der Waals surface area contributed by atoms with Gasteiger partial charge in [0.25, 0.3) is 5.91 Å². The number of nitrogens with one attached hydrogen (secondary N) is 2. The first kappa shape index (κ1) is 26.1. The van der Waals surface area contributed by atoms with Gasteiger partial charge in [0, 0.05) is 23.2 Å². The SMILES string of the molecule is CCOC(=O)C(NC(=S)NC1N=C(c2ccccc2)c2cc(Cl)ccc2N(C)C1=O)C(=O)OCC. The molecule has 1 aliphatic rings. The Bertz CT molecular complexity index is 1140. The molecule has 0 bridgehead atoms. The van der Waals surface area contributed by atoms with E-state index in [1.54, 1.807) is 39.1 Å². The number of hydrogen-bond acceptors (Lipinski definition) is 7. The number of fused-ring (bicyclic) bond motifs is 1. The van der Waals surface area contributed by atoms with E-state index in [2.05, 4.69) is 15.6 Å². The third-order valence-electron chi connectivity index (χ3n) is 5.03. The highest BCUT2D eigenvalue weighted by molar-refractivity contribution is 7.80. The number of likely N-dealkylation sites (N-methyl/N-ethyl adjacent to an activating group) is 1. The number of esters is 2. The third kappa shape index (κ3) is 6.14. The molecule has 9 nitrogen and oxygen atoms in total. The fraction of sp³-hybridized carbons (Fsp3) is 0.292. The van der Waals surface area contributed by atoms with Crippen LogP contribution in [0.2, 0.25) is 5.02 Å². The van der Waals surface area contributed by atoms with E-state index < -0.39 is 30.1 Å². The molecular formula is C24H25ClN4O5S. The molecule has 1 amide bonds. The maximum absolute atomic E-state index is 13.3. The number of halogens is 1. The molecule has 0 saturated carbocycles. The second-order valence-corrected chi connectivity index (χ2v) is 8.20. The van der Waals surface area contributed by atoms with Gasteiger partial charge in [-0.2, -0.15) is 0 Å². The van der Waals surface area contributed by atoms with Crippen LogP contribution in [-0.2, 0) is 23.9 Å². The first-order valence-corrected chi connectivity index (χ1v) is 11.7. The first-order chi connectivity index (χ1) is 16.8. The zero-order valence-electron chi connectivity index (χ0n) is 19.4. The maximum atomic E-state index is 13.3. The van der Waals surface area contributed by atoms with E-state index in [0.29, 0.717) is 22.0 Å². The predicted octanol–water partition coefficient (Wildman–Crippen LogP) is 2.44. The van der Waals surface area contributed by atoms with Crippen LogP contribution in [0.1, 0.15) is 25.0 Å². The number of amides is 1. The number of anilines is 1. The molecule has 1 atom stereocenters. The molecule has 1 aliphatic heterocycles. The van der Waals surface area contributed by atoms with Crippen LogP contribution < -0.4 is 15.5 Å². The average Bonchev–Trinajstić information content (AvgIpc) is 2.93. The van der Waals surface area contributed by atoms with E-state index in [9.17, 15) is 14.4 Å². The highest BCUT2D eigenvalue weighted by Gasteiger charge is 2.34. The average molecular weight is 517 g/mol. The molecule has 2 aromatic rings. The lowest BCUT2D eigenvalue weighted by molar-refractivity contribution is -0.157. The molecule has 2 N–H and O–H groups in total. The molecular weight excluding hydrogens is 492 g/mol. The van der Waals surface area contributed by atoms with Crippen LogP contribution in [0, 0.1) is 0 Å². The second-order valence-electron chi connectivity index (χ2n) is 7.36. The molecule has 2 aromatic carbocycles. The van der Waals surface area contributed by atoms with Crippen molar-refractivity contribution in [2.45, 2.75) is 26.1 Å². The molecule has 0 aromatic heterocycles. The first-order valence-electron chi connectivity index (χ1n) is 10.9. The summed E-state index contributed by atoms with van der Waals surface area (Å²) in [7, 11) is 1.61. The van der Waals surface area contributed by atoms with Gasteiger partial charge in [-0.05, 0) is 44.3 Å². The number of ether oxygens (including phenoxy) is 2. The molecule has 0 fully saturated rings. The van der Waals surface area contributed by atoms with Crippen molar-refractivity contribution in [2.24, 2.45) is 4.99 Å². The second kappa shape index (κ2) is 11.8. The molecule has 0 aliphatic carbocycles. The number of benzene rings is 2. The van der Waals surface area contributed by atoms with Gasteiger partial charge >= 0.3 is 11.9 Å². The van der Waals surface area contributed by atoms with Gasteiger partial charge < -0.3 is 25.0 Å². The van der Waals surface area contributed by atoms with Gasteiger partial charge in [0.05, 0.1) is 24.6 Å². The minimum absolute atomic E-state index is 0.0636. The molecule has 0 spiro atoms. The number of hydrogen-bond donors (Lipinski definition) is 2. The van der Waals surface area contributed by atoms with Crippen molar-refractivity contribution in [2.75, 3.05) is 25.2 Å². The van der Waals surface area contributed by atoms with E-state index in [4.69, 9.17) is 33.3 Å². The summed E-state index contributed by atoms with van der Waals surface area (Å²) in [4.78, 5) is 44.0. The van der Waals surface area contributed by atoms with Crippen LogP contribution in [0.3, 0.4) is 0 Å². The topological polar surface area (TPSA) is 109 Å². The van der Waals surface area contributed by atoms with Crippen LogP contribution in [0.15, 0.2) is 53.5 Å². The number of benzodiazepines with no additional fused rings is 1. The monoisotopic (exact) mass is 516 g/mol. The van der Waals surface area contributed by atoms with Crippen molar-refractivity contribution in [3.63, 3.8) is 0 Å². The van der Waals surface area contributed by atoms with Gasteiger partial charge in [0.1, 0.15) is 0 Å². The summed E-state index contributed by atoms with van der Waals surface area (Å²) in [6.45, 7) is 3.35. The lowest BCUT2D eigenvalue weighted by Crippen LogP contribution is -2.55. The van der Waals surface area contributed by atoms with Crippen LogP contribution in [0.25, 0.3) is 0 Å². The normalized spacial score (nSPS) is 15.0. The van der Waals surface area contributed by atoms with Gasteiger partial charge in [-0.25, -0.2) is 14.6 Å². The van der Waals surface area contributed by atoms with Crippen molar-refractivity contribution >= 4 is 58.2 Å². The van der Waals surface area contributed by atoms with E-state index in [1.165, 1.54) is 4.90 Å². The minimum Gasteiger partial charge on any atom is -0.464 e. The molecule has 0 saturated heterocycles.